The molecule has 0 saturated carbocycles. The Morgan fingerprint density at radius 1 is 1.22 bits per heavy atom. The first-order chi connectivity index (χ1) is 12.7. The number of methoxy groups -OCH3 is 1. The van der Waals surface area contributed by atoms with E-state index in [9.17, 15) is 18.8 Å². The molecule has 0 unspecified atom stereocenters. The largest absolute Gasteiger partial charge is 0.464 e. The van der Waals surface area contributed by atoms with Gasteiger partial charge in [0.1, 0.15) is 11.5 Å². The Labute approximate surface area is 157 Å². The van der Waals surface area contributed by atoms with Crippen LogP contribution in [0.1, 0.15) is 49.4 Å². The second-order valence-electron chi connectivity index (χ2n) is 6.24. The lowest BCUT2D eigenvalue weighted by molar-refractivity contribution is 0.0588. The summed E-state index contributed by atoms with van der Waals surface area (Å²) >= 11 is 0. The summed E-state index contributed by atoms with van der Waals surface area (Å²) in [6.45, 7) is 5.28. The van der Waals surface area contributed by atoms with Crippen LogP contribution in [0.2, 0.25) is 0 Å². The van der Waals surface area contributed by atoms with E-state index in [0.717, 1.165) is 6.07 Å². The van der Waals surface area contributed by atoms with Crippen molar-refractivity contribution in [3.8, 4) is 0 Å². The van der Waals surface area contributed by atoms with Crippen molar-refractivity contribution in [1.29, 1.82) is 0 Å². The predicted molar refractivity (Wildman–Crippen MR) is 98.5 cm³/mol. The third-order valence-corrected chi connectivity index (χ3v) is 4.66. The number of carbonyl (C=O) groups is 3. The molecule has 0 aliphatic rings. The molecule has 0 atom stereocenters. The highest BCUT2D eigenvalue weighted by atomic mass is 19.1. The zero-order valence-corrected chi connectivity index (χ0v) is 16.1. The second kappa shape index (κ2) is 8.16. The fraction of sp³-hybridized carbons (Fsp3) is 0.350. The van der Waals surface area contributed by atoms with E-state index in [1.54, 1.807) is 32.4 Å². The summed E-state index contributed by atoms with van der Waals surface area (Å²) in [4.78, 5) is 38.9. The van der Waals surface area contributed by atoms with Crippen LogP contribution in [0.3, 0.4) is 0 Å². The fourth-order valence-electron chi connectivity index (χ4n) is 3.16. The summed E-state index contributed by atoms with van der Waals surface area (Å²) in [6.07, 6.45) is 0. The molecule has 0 saturated heterocycles. The minimum atomic E-state index is -0.527. The van der Waals surface area contributed by atoms with Crippen LogP contribution in [0.15, 0.2) is 24.3 Å². The highest BCUT2D eigenvalue weighted by Crippen LogP contribution is 2.23. The fourth-order valence-corrected chi connectivity index (χ4v) is 3.16. The normalized spacial score (nSPS) is 10.6. The first-order valence-electron chi connectivity index (χ1n) is 8.55. The van der Waals surface area contributed by atoms with Gasteiger partial charge in [0.25, 0.3) is 5.91 Å². The summed E-state index contributed by atoms with van der Waals surface area (Å²) < 4.78 is 19.8. The Hall–Kier alpha value is -2.96. The molecule has 1 amide bonds. The molecule has 6 nitrogen and oxygen atoms in total. The zero-order chi connectivity index (χ0) is 20.3. The van der Waals surface area contributed by atoms with Crippen molar-refractivity contribution in [2.75, 3.05) is 20.2 Å². The minimum Gasteiger partial charge on any atom is -0.464 e. The first-order valence-corrected chi connectivity index (χ1v) is 8.55. The monoisotopic (exact) mass is 374 g/mol. The molecule has 2 rings (SSSR count). The SMILES string of the molecule is CCN(CC(=O)c1c(C)c(C(=O)OC)n(C)c1C)C(=O)c1cccc(F)c1. The second-order valence-corrected chi connectivity index (χ2v) is 6.24. The van der Waals surface area contributed by atoms with Crippen molar-refractivity contribution in [3.05, 3.63) is 58.2 Å². The number of carbonyl (C=O) groups excluding carboxylic acids is 3. The maximum absolute atomic E-state index is 13.4. The molecule has 2 aromatic rings. The van der Waals surface area contributed by atoms with Crippen LogP contribution < -0.4 is 0 Å². The highest BCUT2D eigenvalue weighted by Gasteiger charge is 2.27. The maximum Gasteiger partial charge on any atom is 0.354 e. The number of benzene rings is 1. The van der Waals surface area contributed by atoms with Crippen molar-refractivity contribution < 1.29 is 23.5 Å². The number of hydrogen-bond acceptors (Lipinski definition) is 4. The molecule has 0 fully saturated rings. The quantitative estimate of drug-likeness (QED) is 0.576. The van der Waals surface area contributed by atoms with E-state index < -0.39 is 17.7 Å². The van der Waals surface area contributed by atoms with Gasteiger partial charge < -0.3 is 14.2 Å². The number of nitrogens with zero attached hydrogens (tertiary/aromatic N) is 2. The maximum atomic E-state index is 13.4. The topological polar surface area (TPSA) is 68.6 Å². The van der Waals surface area contributed by atoms with Gasteiger partial charge in [-0.2, -0.15) is 0 Å². The van der Waals surface area contributed by atoms with Crippen LogP contribution in [0.25, 0.3) is 0 Å². The summed E-state index contributed by atoms with van der Waals surface area (Å²) in [7, 11) is 2.96. The lowest BCUT2D eigenvalue weighted by atomic mass is 10.0. The first kappa shape index (κ1) is 20.4. The van der Waals surface area contributed by atoms with E-state index in [2.05, 4.69) is 0 Å². The van der Waals surface area contributed by atoms with Crippen molar-refractivity contribution in [2.24, 2.45) is 7.05 Å². The van der Waals surface area contributed by atoms with Gasteiger partial charge >= 0.3 is 5.97 Å². The van der Waals surface area contributed by atoms with Gasteiger partial charge in [-0.25, -0.2) is 9.18 Å². The Bertz CT molecular complexity index is 902. The molecule has 144 valence electrons. The number of ether oxygens (including phenoxy) is 1. The van der Waals surface area contributed by atoms with E-state index in [1.165, 1.54) is 30.2 Å². The molecule has 0 N–H and O–H groups in total. The van der Waals surface area contributed by atoms with Gasteiger partial charge in [-0.15, -0.1) is 0 Å². The van der Waals surface area contributed by atoms with E-state index in [4.69, 9.17) is 4.74 Å². The Morgan fingerprint density at radius 3 is 2.44 bits per heavy atom. The molecule has 27 heavy (non-hydrogen) atoms. The van der Waals surface area contributed by atoms with Crippen molar-refractivity contribution >= 4 is 17.7 Å². The highest BCUT2D eigenvalue weighted by molar-refractivity contribution is 6.06. The van der Waals surface area contributed by atoms with E-state index in [0.29, 0.717) is 22.5 Å². The standard InChI is InChI=1S/C20H23FN2O4/c1-6-23(19(25)14-8-7-9-15(21)10-14)11-16(24)17-12(2)18(20(26)27-5)22(4)13(17)3/h7-10H,6,11H2,1-5H3. The lowest BCUT2D eigenvalue weighted by Crippen LogP contribution is -2.36. The van der Waals surface area contributed by atoms with Gasteiger partial charge in [-0.05, 0) is 44.5 Å². The molecule has 0 spiro atoms. The van der Waals surface area contributed by atoms with E-state index in [1.807, 2.05) is 0 Å². The molecule has 7 heteroatoms. The molecule has 1 aromatic heterocycles. The van der Waals surface area contributed by atoms with E-state index >= 15 is 0 Å². The minimum absolute atomic E-state index is 0.168. The molecule has 1 heterocycles. The third-order valence-electron chi connectivity index (χ3n) is 4.66. The average molecular weight is 374 g/mol. The van der Waals surface area contributed by atoms with Crippen LogP contribution in [0.5, 0.6) is 0 Å². The zero-order valence-electron chi connectivity index (χ0n) is 16.1. The van der Waals surface area contributed by atoms with Gasteiger partial charge in [0.05, 0.1) is 13.7 Å². The molecule has 0 aliphatic heterocycles. The third kappa shape index (κ3) is 3.92. The van der Waals surface area contributed by atoms with Crippen LogP contribution in [-0.2, 0) is 11.8 Å². The molecule has 0 aliphatic carbocycles. The van der Waals surface area contributed by atoms with Crippen LogP contribution in [-0.4, -0.2) is 47.3 Å². The summed E-state index contributed by atoms with van der Waals surface area (Å²) in [5.74, 6) is -1.76. The van der Waals surface area contributed by atoms with Gasteiger partial charge in [-0.3, -0.25) is 9.59 Å². The van der Waals surface area contributed by atoms with E-state index in [-0.39, 0.29) is 24.4 Å². The number of aromatic nitrogens is 1. The number of esters is 1. The van der Waals surface area contributed by atoms with Crippen LogP contribution >= 0.6 is 0 Å². The number of hydrogen-bond donors (Lipinski definition) is 0. The molecular formula is C20H23FN2O4. The number of likely N-dealkylation sites (N-methyl/N-ethyl adjacent to an activating group) is 1. The molecule has 1 aromatic carbocycles. The van der Waals surface area contributed by atoms with Crippen molar-refractivity contribution in [3.63, 3.8) is 0 Å². The smallest absolute Gasteiger partial charge is 0.354 e. The van der Waals surface area contributed by atoms with Crippen molar-refractivity contribution in [1.82, 2.24) is 9.47 Å². The van der Waals surface area contributed by atoms with Crippen molar-refractivity contribution in [2.45, 2.75) is 20.8 Å². The number of ketones is 1. The van der Waals surface area contributed by atoms with Crippen LogP contribution in [0.4, 0.5) is 4.39 Å². The summed E-state index contributed by atoms with van der Waals surface area (Å²) in [5.41, 5.74) is 2.01. The number of Topliss-reactive ketones (excluding diaryl/α,β-unsaturated/α-hetero) is 1. The number of amides is 1. The average Bonchev–Trinajstić information content (AvgIpc) is 2.87. The number of halogens is 1. The van der Waals surface area contributed by atoms with Gasteiger partial charge in [0.15, 0.2) is 5.78 Å². The Balaban J connectivity index is 2.33. The molecule has 0 radical (unpaired) electrons. The van der Waals surface area contributed by atoms with Gasteiger partial charge in [0.2, 0.25) is 0 Å². The van der Waals surface area contributed by atoms with Crippen LogP contribution in [0, 0.1) is 19.7 Å². The summed E-state index contributed by atoms with van der Waals surface area (Å²) in [6, 6.07) is 5.35. The molecular weight excluding hydrogens is 351 g/mol. The Morgan fingerprint density at radius 2 is 1.89 bits per heavy atom. The molecule has 0 bridgehead atoms. The predicted octanol–water partition coefficient (Wildman–Crippen LogP) is 2.91. The Kier molecular flexibility index (Phi) is 6.15. The summed E-state index contributed by atoms with van der Waals surface area (Å²) in [5, 5.41) is 0. The lowest BCUT2D eigenvalue weighted by Gasteiger charge is -2.20. The van der Waals surface area contributed by atoms with Gasteiger partial charge in [-0.1, -0.05) is 6.07 Å². The number of rotatable bonds is 6. The van der Waals surface area contributed by atoms with Gasteiger partial charge in [0, 0.05) is 30.4 Å².